The molecule has 0 spiro atoms. The number of nitrogens with one attached hydrogen (secondary N) is 2. The van der Waals surface area contributed by atoms with Crippen LogP contribution in [0.2, 0.25) is 0 Å². The number of nitrogens with zero attached hydrogens (tertiary/aromatic N) is 1. The Balaban J connectivity index is 1.42. The number of H-pyrrole nitrogens is 1. The Hall–Kier alpha value is -3.06. The summed E-state index contributed by atoms with van der Waals surface area (Å²) in [5.41, 5.74) is 2.85. The van der Waals surface area contributed by atoms with Crippen molar-refractivity contribution in [2.45, 2.75) is 25.4 Å². The third kappa shape index (κ3) is 4.05. The monoisotopic (exact) mass is 453 g/mol. The first kappa shape index (κ1) is 19.3. The Labute approximate surface area is 175 Å². The number of amides is 1. The van der Waals surface area contributed by atoms with E-state index in [0.29, 0.717) is 6.54 Å². The van der Waals surface area contributed by atoms with Gasteiger partial charge in [0.1, 0.15) is 6.04 Å². The molecule has 0 bridgehead atoms. The first-order chi connectivity index (χ1) is 14.0. The van der Waals surface area contributed by atoms with E-state index in [4.69, 9.17) is 0 Å². The van der Waals surface area contributed by atoms with Crippen LogP contribution in [0.1, 0.15) is 12.0 Å². The summed E-state index contributed by atoms with van der Waals surface area (Å²) in [6.45, 7) is 0.477. The molecule has 0 saturated carbocycles. The summed E-state index contributed by atoms with van der Waals surface area (Å²) in [5.74, 6) is -1.33. The average molecular weight is 454 g/mol. The van der Waals surface area contributed by atoms with Crippen molar-refractivity contribution in [2.75, 3.05) is 0 Å². The van der Waals surface area contributed by atoms with Crippen molar-refractivity contribution in [3.8, 4) is 0 Å². The number of fused-ring (bicyclic) bond motifs is 2. The van der Waals surface area contributed by atoms with Crippen LogP contribution in [0.25, 0.3) is 21.8 Å². The number of carbonyl (C=O) groups is 2. The molecule has 0 fully saturated rings. The molecule has 0 radical (unpaired) electrons. The summed E-state index contributed by atoms with van der Waals surface area (Å²) in [7, 11) is 0. The number of benzene rings is 2. The molecule has 148 valence electrons. The van der Waals surface area contributed by atoms with Crippen LogP contribution >= 0.6 is 15.9 Å². The van der Waals surface area contributed by atoms with Gasteiger partial charge < -0.3 is 20.0 Å². The van der Waals surface area contributed by atoms with Crippen molar-refractivity contribution in [1.82, 2.24) is 14.9 Å². The van der Waals surface area contributed by atoms with Crippen molar-refractivity contribution in [1.29, 1.82) is 0 Å². The van der Waals surface area contributed by atoms with Gasteiger partial charge in [0.25, 0.3) is 0 Å². The zero-order valence-corrected chi connectivity index (χ0v) is 17.1. The number of aliphatic carboxylic acids is 1. The minimum Gasteiger partial charge on any atom is -0.480 e. The van der Waals surface area contributed by atoms with Gasteiger partial charge in [-0.3, -0.25) is 4.79 Å². The summed E-state index contributed by atoms with van der Waals surface area (Å²) in [6.07, 6.45) is 4.17. The predicted molar refractivity (Wildman–Crippen MR) is 116 cm³/mol. The van der Waals surface area contributed by atoms with Crippen molar-refractivity contribution in [2.24, 2.45) is 0 Å². The van der Waals surface area contributed by atoms with Crippen molar-refractivity contribution in [3.05, 3.63) is 71.0 Å². The maximum absolute atomic E-state index is 12.4. The van der Waals surface area contributed by atoms with E-state index in [1.807, 2.05) is 59.3 Å². The number of carboxylic acid groups (broad SMARTS) is 1. The molecule has 0 aliphatic carbocycles. The van der Waals surface area contributed by atoms with Crippen molar-refractivity contribution < 1.29 is 14.7 Å². The standard InChI is InChI=1S/C22H20BrN3O3/c23-17-5-3-7-20-16(17)8-10-26(20)11-9-21(27)25-19(22(28)29)12-14-13-24-18-6-2-1-4-15(14)18/h1-8,10,13,19,24H,9,11-12H2,(H,25,27)(H,28,29). The molecule has 3 N–H and O–H groups in total. The number of rotatable bonds is 7. The fraction of sp³-hybridized carbons (Fsp3) is 0.182. The molecule has 4 rings (SSSR count). The summed E-state index contributed by atoms with van der Waals surface area (Å²) < 4.78 is 3.00. The molecule has 29 heavy (non-hydrogen) atoms. The number of hydrogen-bond donors (Lipinski definition) is 3. The van der Waals surface area contributed by atoms with Crippen LogP contribution in [0.4, 0.5) is 0 Å². The van der Waals surface area contributed by atoms with Crippen molar-refractivity contribution >= 4 is 49.6 Å². The maximum atomic E-state index is 12.4. The van der Waals surface area contributed by atoms with E-state index in [-0.39, 0.29) is 18.7 Å². The molecule has 0 aliphatic rings. The van der Waals surface area contributed by atoms with E-state index >= 15 is 0 Å². The van der Waals surface area contributed by atoms with E-state index in [1.54, 1.807) is 6.20 Å². The first-order valence-corrected chi connectivity index (χ1v) is 10.1. The molecule has 1 amide bonds. The number of aromatic nitrogens is 2. The smallest absolute Gasteiger partial charge is 0.326 e. The number of hydrogen-bond acceptors (Lipinski definition) is 2. The fourth-order valence-electron chi connectivity index (χ4n) is 3.59. The van der Waals surface area contributed by atoms with Crippen LogP contribution in [0.15, 0.2) is 65.4 Å². The lowest BCUT2D eigenvalue weighted by atomic mass is 10.0. The summed E-state index contributed by atoms with van der Waals surface area (Å²) in [6, 6.07) is 14.6. The lowest BCUT2D eigenvalue weighted by Gasteiger charge is -2.15. The largest absolute Gasteiger partial charge is 0.480 e. The second-order valence-electron chi connectivity index (χ2n) is 6.95. The topological polar surface area (TPSA) is 87.1 Å². The summed E-state index contributed by atoms with van der Waals surface area (Å²) >= 11 is 3.52. The molecule has 2 heterocycles. The maximum Gasteiger partial charge on any atom is 0.326 e. The summed E-state index contributed by atoms with van der Waals surface area (Å²) in [5, 5.41) is 14.3. The van der Waals surface area contributed by atoms with Gasteiger partial charge in [-0.1, -0.05) is 40.2 Å². The third-order valence-corrected chi connectivity index (χ3v) is 5.76. The molecular formula is C22H20BrN3O3. The van der Waals surface area contributed by atoms with Gasteiger partial charge in [-0.15, -0.1) is 0 Å². The fourth-order valence-corrected chi connectivity index (χ4v) is 4.08. The zero-order valence-electron chi connectivity index (χ0n) is 15.6. The van der Waals surface area contributed by atoms with E-state index in [2.05, 4.69) is 26.2 Å². The number of carbonyl (C=O) groups excluding carboxylic acids is 1. The quantitative estimate of drug-likeness (QED) is 0.393. The molecule has 6 nitrogen and oxygen atoms in total. The second-order valence-corrected chi connectivity index (χ2v) is 7.81. The van der Waals surface area contributed by atoms with Crippen LogP contribution in [-0.2, 0) is 22.6 Å². The third-order valence-electron chi connectivity index (χ3n) is 5.07. The van der Waals surface area contributed by atoms with Gasteiger partial charge in [-0.05, 0) is 29.8 Å². The lowest BCUT2D eigenvalue weighted by Crippen LogP contribution is -2.42. The van der Waals surface area contributed by atoms with E-state index in [1.165, 1.54) is 0 Å². The second kappa shape index (κ2) is 8.13. The number of para-hydroxylation sites is 1. The Morgan fingerprint density at radius 3 is 2.76 bits per heavy atom. The highest BCUT2D eigenvalue weighted by Crippen LogP contribution is 2.25. The number of halogens is 1. The van der Waals surface area contributed by atoms with Gasteiger partial charge in [-0.2, -0.15) is 0 Å². The van der Waals surface area contributed by atoms with Gasteiger partial charge in [0.2, 0.25) is 5.91 Å². The molecule has 1 atom stereocenters. The average Bonchev–Trinajstić information content (AvgIpc) is 3.31. The first-order valence-electron chi connectivity index (χ1n) is 9.33. The minimum atomic E-state index is -1.04. The highest BCUT2D eigenvalue weighted by atomic mass is 79.9. The van der Waals surface area contributed by atoms with Crippen molar-refractivity contribution in [3.63, 3.8) is 0 Å². The Bertz CT molecular complexity index is 1190. The van der Waals surface area contributed by atoms with Gasteiger partial charge in [-0.25, -0.2) is 4.79 Å². The van der Waals surface area contributed by atoms with Gasteiger partial charge in [0.05, 0.1) is 0 Å². The molecule has 2 aromatic carbocycles. The predicted octanol–water partition coefficient (Wildman–Crippen LogP) is 4.09. The van der Waals surface area contributed by atoms with E-state index < -0.39 is 12.0 Å². The highest BCUT2D eigenvalue weighted by Gasteiger charge is 2.22. The van der Waals surface area contributed by atoms with Crippen LogP contribution in [0.5, 0.6) is 0 Å². The Morgan fingerprint density at radius 1 is 1.10 bits per heavy atom. The van der Waals surface area contributed by atoms with E-state index in [0.717, 1.165) is 31.8 Å². The lowest BCUT2D eigenvalue weighted by molar-refractivity contribution is -0.141. The van der Waals surface area contributed by atoms with E-state index in [9.17, 15) is 14.7 Å². The normalized spacial score (nSPS) is 12.3. The SMILES string of the molecule is O=C(CCn1ccc2c(Br)cccc21)NC(Cc1c[nH]c2ccccc12)C(=O)O. The van der Waals surface area contributed by atoms with Gasteiger partial charge in [0, 0.05) is 58.1 Å². The molecule has 0 saturated heterocycles. The summed E-state index contributed by atoms with van der Waals surface area (Å²) in [4.78, 5) is 27.3. The molecule has 0 aliphatic heterocycles. The molecular weight excluding hydrogens is 434 g/mol. The zero-order chi connectivity index (χ0) is 20.4. The molecule has 4 aromatic rings. The Morgan fingerprint density at radius 2 is 1.93 bits per heavy atom. The van der Waals surface area contributed by atoms with Crippen LogP contribution in [-0.4, -0.2) is 32.6 Å². The Kier molecular flexibility index (Phi) is 5.40. The van der Waals surface area contributed by atoms with Gasteiger partial charge >= 0.3 is 5.97 Å². The molecule has 1 unspecified atom stereocenters. The van der Waals surface area contributed by atoms with Gasteiger partial charge in [0.15, 0.2) is 0 Å². The van der Waals surface area contributed by atoms with Crippen LogP contribution < -0.4 is 5.32 Å². The van der Waals surface area contributed by atoms with Crippen LogP contribution in [0, 0.1) is 0 Å². The number of aromatic amines is 1. The molecule has 7 heteroatoms. The minimum absolute atomic E-state index is 0.202. The number of carboxylic acids is 1. The highest BCUT2D eigenvalue weighted by molar-refractivity contribution is 9.10. The molecule has 2 aromatic heterocycles. The van der Waals surface area contributed by atoms with Crippen LogP contribution in [0.3, 0.4) is 0 Å². The number of aryl methyl sites for hydroxylation is 1.